The van der Waals surface area contributed by atoms with Gasteiger partial charge in [0.25, 0.3) is 0 Å². The molecule has 0 radical (unpaired) electrons. The first-order valence-corrected chi connectivity index (χ1v) is 5.61. The van der Waals surface area contributed by atoms with Crippen LogP contribution in [0.15, 0.2) is 4.99 Å². The van der Waals surface area contributed by atoms with Gasteiger partial charge in [-0.2, -0.15) is 0 Å². The molecule has 0 saturated heterocycles. The van der Waals surface area contributed by atoms with Gasteiger partial charge in [0.15, 0.2) is 0 Å². The van der Waals surface area contributed by atoms with Gasteiger partial charge in [-0.3, -0.25) is 4.99 Å². The molecule has 0 amide bonds. The van der Waals surface area contributed by atoms with E-state index in [4.69, 9.17) is 0 Å². The summed E-state index contributed by atoms with van der Waals surface area (Å²) in [6.45, 7) is 6.46. The second kappa shape index (κ2) is 4.78. The zero-order valence-corrected chi connectivity index (χ0v) is 9.34. The maximum Gasteiger partial charge on any atom is 0.0520 e. The molecular formula is C12H23N. The average Bonchev–Trinajstić information content (AvgIpc) is 2.48. The molecule has 0 aromatic rings. The van der Waals surface area contributed by atoms with Crippen LogP contribution in [0.1, 0.15) is 59.3 Å². The summed E-state index contributed by atoms with van der Waals surface area (Å²) in [4.78, 5) is 4.49. The molecule has 0 N–H and O–H groups in total. The molecule has 0 unspecified atom stereocenters. The fourth-order valence-corrected chi connectivity index (χ4v) is 1.95. The van der Waals surface area contributed by atoms with Gasteiger partial charge in [0.2, 0.25) is 0 Å². The van der Waals surface area contributed by atoms with Crippen molar-refractivity contribution in [2.24, 2.45) is 10.9 Å². The summed E-state index contributed by atoms with van der Waals surface area (Å²) < 4.78 is 0. The van der Waals surface area contributed by atoms with Gasteiger partial charge < -0.3 is 0 Å². The number of rotatable bonds is 3. The van der Waals surface area contributed by atoms with Crippen molar-refractivity contribution in [2.45, 2.75) is 64.8 Å². The third-order valence-electron chi connectivity index (χ3n) is 2.66. The molecule has 1 aliphatic carbocycles. The Labute approximate surface area is 82.6 Å². The minimum atomic E-state index is 0.121. The molecule has 1 rings (SSSR count). The zero-order valence-electron chi connectivity index (χ0n) is 9.34. The fraction of sp³-hybridized carbons (Fsp3) is 0.917. The molecule has 0 atom stereocenters. The molecule has 1 fully saturated rings. The highest BCUT2D eigenvalue weighted by Gasteiger charge is 2.13. The van der Waals surface area contributed by atoms with Gasteiger partial charge in [0.05, 0.1) is 5.54 Å². The Morgan fingerprint density at radius 3 is 2.38 bits per heavy atom. The van der Waals surface area contributed by atoms with Gasteiger partial charge in [-0.15, -0.1) is 0 Å². The summed E-state index contributed by atoms with van der Waals surface area (Å²) in [6, 6.07) is 0. The molecule has 0 heterocycles. The smallest absolute Gasteiger partial charge is 0.0520 e. The SMILES string of the molecule is CC(C)(C)N=CCCC1CCCC1. The first-order chi connectivity index (χ1) is 6.08. The van der Waals surface area contributed by atoms with Crippen molar-refractivity contribution in [2.75, 3.05) is 0 Å². The quantitative estimate of drug-likeness (QED) is 0.587. The van der Waals surface area contributed by atoms with E-state index in [-0.39, 0.29) is 5.54 Å². The number of nitrogens with zero attached hydrogens (tertiary/aromatic N) is 1. The molecule has 1 saturated carbocycles. The summed E-state index contributed by atoms with van der Waals surface area (Å²) >= 11 is 0. The monoisotopic (exact) mass is 181 g/mol. The molecule has 13 heavy (non-hydrogen) atoms. The van der Waals surface area contributed by atoms with Gasteiger partial charge in [-0.1, -0.05) is 25.7 Å². The van der Waals surface area contributed by atoms with Crippen LogP contribution in [0.3, 0.4) is 0 Å². The Morgan fingerprint density at radius 1 is 1.23 bits per heavy atom. The van der Waals surface area contributed by atoms with Gasteiger partial charge in [0.1, 0.15) is 0 Å². The minimum Gasteiger partial charge on any atom is -0.292 e. The number of hydrogen-bond donors (Lipinski definition) is 0. The molecule has 0 aliphatic heterocycles. The van der Waals surface area contributed by atoms with E-state index in [1.54, 1.807) is 0 Å². The topological polar surface area (TPSA) is 12.4 Å². The van der Waals surface area contributed by atoms with E-state index in [1.807, 2.05) is 0 Å². The second-order valence-electron chi connectivity index (χ2n) is 5.21. The van der Waals surface area contributed by atoms with E-state index in [0.717, 1.165) is 5.92 Å². The van der Waals surface area contributed by atoms with E-state index in [1.165, 1.54) is 38.5 Å². The summed E-state index contributed by atoms with van der Waals surface area (Å²) in [5.74, 6) is 1.01. The van der Waals surface area contributed by atoms with Crippen LogP contribution in [0.2, 0.25) is 0 Å². The summed E-state index contributed by atoms with van der Waals surface area (Å²) in [5.41, 5.74) is 0.121. The number of aliphatic imine (C=N–C) groups is 1. The Morgan fingerprint density at radius 2 is 1.85 bits per heavy atom. The first kappa shape index (κ1) is 10.7. The molecule has 1 nitrogen and oxygen atoms in total. The van der Waals surface area contributed by atoms with Crippen molar-refractivity contribution in [3.63, 3.8) is 0 Å². The van der Waals surface area contributed by atoms with E-state index < -0.39 is 0 Å². The van der Waals surface area contributed by atoms with Gasteiger partial charge in [0, 0.05) is 0 Å². The lowest BCUT2D eigenvalue weighted by Crippen LogP contribution is -2.09. The third kappa shape index (κ3) is 5.07. The van der Waals surface area contributed by atoms with E-state index >= 15 is 0 Å². The molecule has 0 bridgehead atoms. The lowest BCUT2D eigenvalue weighted by atomic mass is 10.0. The lowest BCUT2D eigenvalue weighted by Gasteiger charge is -2.11. The predicted octanol–water partition coefficient (Wildman–Crippen LogP) is 3.83. The van der Waals surface area contributed by atoms with E-state index in [2.05, 4.69) is 32.0 Å². The van der Waals surface area contributed by atoms with Crippen LogP contribution in [0.4, 0.5) is 0 Å². The van der Waals surface area contributed by atoms with Crippen LogP contribution in [-0.4, -0.2) is 11.8 Å². The van der Waals surface area contributed by atoms with Gasteiger partial charge >= 0.3 is 0 Å². The van der Waals surface area contributed by atoms with Crippen LogP contribution < -0.4 is 0 Å². The van der Waals surface area contributed by atoms with Crippen LogP contribution in [-0.2, 0) is 0 Å². The van der Waals surface area contributed by atoms with Gasteiger partial charge in [-0.25, -0.2) is 0 Å². The second-order valence-corrected chi connectivity index (χ2v) is 5.21. The standard InChI is InChI=1S/C12H23N/c1-12(2,3)13-10-6-9-11-7-4-5-8-11/h10-11H,4-9H2,1-3H3. The van der Waals surface area contributed by atoms with Crippen LogP contribution >= 0.6 is 0 Å². The summed E-state index contributed by atoms with van der Waals surface area (Å²) in [7, 11) is 0. The number of hydrogen-bond acceptors (Lipinski definition) is 1. The van der Waals surface area contributed by atoms with E-state index in [0.29, 0.717) is 0 Å². The maximum atomic E-state index is 4.49. The summed E-state index contributed by atoms with van der Waals surface area (Å²) in [6.07, 6.45) is 10.5. The normalized spacial score (nSPS) is 20.2. The van der Waals surface area contributed by atoms with Gasteiger partial charge in [-0.05, 0) is 45.7 Å². The van der Waals surface area contributed by atoms with E-state index in [9.17, 15) is 0 Å². The Kier molecular flexibility index (Phi) is 3.95. The van der Waals surface area contributed by atoms with Crippen molar-refractivity contribution in [1.29, 1.82) is 0 Å². The highest BCUT2D eigenvalue weighted by molar-refractivity contribution is 5.57. The predicted molar refractivity (Wildman–Crippen MR) is 59.4 cm³/mol. The zero-order chi connectivity index (χ0) is 9.73. The highest BCUT2D eigenvalue weighted by Crippen LogP contribution is 2.28. The first-order valence-electron chi connectivity index (χ1n) is 5.61. The van der Waals surface area contributed by atoms with Crippen molar-refractivity contribution in [3.8, 4) is 0 Å². The minimum absolute atomic E-state index is 0.121. The molecule has 1 aliphatic rings. The maximum absolute atomic E-state index is 4.49. The Hall–Kier alpha value is -0.330. The Bertz CT molecular complexity index is 158. The van der Waals surface area contributed by atoms with Crippen LogP contribution in [0.5, 0.6) is 0 Å². The van der Waals surface area contributed by atoms with Crippen molar-refractivity contribution >= 4 is 6.21 Å². The lowest BCUT2D eigenvalue weighted by molar-refractivity contribution is 0.514. The van der Waals surface area contributed by atoms with Crippen molar-refractivity contribution in [3.05, 3.63) is 0 Å². The van der Waals surface area contributed by atoms with Crippen LogP contribution in [0, 0.1) is 5.92 Å². The molecular weight excluding hydrogens is 158 g/mol. The average molecular weight is 181 g/mol. The van der Waals surface area contributed by atoms with Crippen molar-refractivity contribution in [1.82, 2.24) is 0 Å². The molecule has 0 aromatic heterocycles. The Balaban J connectivity index is 2.09. The van der Waals surface area contributed by atoms with Crippen molar-refractivity contribution < 1.29 is 0 Å². The van der Waals surface area contributed by atoms with Crippen LogP contribution in [0.25, 0.3) is 0 Å². The molecule has 76 valence electrons. The molecule has 0 aromatic carbocycles. The molecule has 1 heteroatoms. The molecule has 0 spiro atoms. The summed E-state index contributed by atoms with van der Waals surface area (Å²) in [5, 5.41) is 0. The highest BCUT2D eigenvalue weighted by atomic mass is 14.8. The largest absolute Gasteiger partial charge is 0.292 e. The third-order valence-corrected chi connectivity index (χ3v) is 2.66. The fourth-order valence-electron chi connectivity index (χ4n) is 1.95.